The summed E-state index contributed by atoms with van der Waals surface area (Å²) in [5, 5.41) is 5.38. The highest BCUT2D eigenvalue weighted by molar-refractivity contribution is 7.09. The summed E-state index contributed by atoms with van der Waals surface area (Å²) in [7, 11) is 0. The lowest BCUT2D eigenvalue weighted by Gasteiger charge is -2.19. The number of hydrogen-bond donors (Lipinski definition) is 1. The van der Waals surface area contributed by atoms with Crippen molar-refractivity contribution >= 4 is 28.6 Å². The molecule has 1 amide bonds. The van der Waals surface area contributed by atoms with Crippen LogP contribution in [0.3, 0.4) is 0 Å². The number of fused-ring (bicyclic) bond motifs is 1. The fourth-order valence-corrected chi connectivity index (χ4v) is 3.88. The van der Waals surface area contributed by atoms with Crippen molar-refractivity contribution in [2.45, 2.75) is 13.3 Å². The third-order valence-corrected chi connectivity index (χ3v) is 5.32. The molecule has 2 heterocycles. The van der Waals surface area contributed by atoms with Gasteiger partial charge in [-0.25, -0.2) is 13.8 Å². The summed E-state index contributed by atoms with van der Waals surface area (Å²) in [6.07, 6.45) is 0.813. The van der Waals surface area contributed by atoms with E-state index < -0.39 is 23.2 Å². The van der Waals surface area contributed by atoms with Crippen LogP contribution in [-0.4, -0.2) is 24.0 Å². The molecule has 0 aliphatic carbocycles. The van der Waals surface area contributed by atoms with Gasteiger partial charge in [0.15, 0.2) is 0 Å². The SMILES string of the molecule is Cc1nc(-c2ccc3c(c2)CCN3CC(=O)Nc2c(F)cccc2F)cs1. The quantitative estimate of drug-likeness (QED) is 0.724. The monoisotopic (exact) mass is 385 g/mol. The first-order chi connectivity index (χ1) is 13.0. The summed E-state index contributed by atoms with van der Waals surface area (Å²) >= 11 is 1.61. The largest absolute Gasteiger partial charge is 0.362 e. The van der Waals surface area contributed by atoms with E-state index in [-0.39, 0.29) is 6.54 Å². The standard InChI is InChI=1S/C20H17F2N3OS/c1-12-23-17(11-27-12)13-5-6-18-14(9-13)7-8-25(18)10-19(26)24-20-15(21)3-2-4-16(20)22/h2-6,9,11H,7-8,10H2,1H3,(H,24,26). The fourth-order valence-electron chi connectivity index (χ4n) is 3.26. The van der Waals surface area contributed by atoms with Crippen LogP contribution in [0.15, 0.2) is 41.8 Å². The summed E-state index contributed by atoms with van der Waals surface area (Å²) in [5.74, 6) is -2.02. The Hall–Kier alpha value is -2.80. The number of amides is 1. The molecule has 4 nitrogen and oxygen atoms in total. The van der Waals surface area contributed by atoms with Crippen molar-refractivity contribution in [3.63, 3.8) is 0 Å². The van der Waals surface area contributed by atoms with Gasteiger partial charge in [0.1, 0.15) is 17.3 Å². The van der Waals surface area contributed by atoms with Crippen molar-refractivity contribution in [2.75, 3.05) is 23.3 Å². The van der Waals surface area contributed by atoms with Crippen LogP contribution in [0.4, 0.5) is 20.2 Å². The van der Waals surface area contributed by atoms with Crippen LogP contribution in [-0.2, 0) is 11.2 Å². The van der Waals surface area contributed by atoms with Crippen molar-refractivity contribution in [2.24, 2.45) is 0 Å². The van der Waals surface area contributed by atoms with E-state index in [1.165, 1.54) is 6.07 Å². The Kier molecular flexibility index (Phi) is 4.61. The smallest absolute Gasteiger partial charge is 0.244 e. The van der Waals surface area contributed by atoms with Gasteiger partial charge in [0.25, 0.3) is 0 Å². The molecule has 1 N–H and O–H groups in total. The van der Waals surface area contributed by atoms with Gasteiger partial charge < -0.3 is 10.2 Å². The predicted octanol–water partition coefficient (Wildman–Crippen LogP) is 4.40. The van der Waals surface area contributed by atoms with E-state index in [1.807, 2.05) is 29.3 Å². The molecule has 3 aromatic rings. The zero-order chi connectivity index (χ0) is 19.0. The molecule has 0 unspecified atom stereocenters. The molecule has 0 atom stereocenters. The second kappa shape index (κ2) is 7.08. The number of benzene rings is 2. The predicted molar refractivity (Wildman–Crippen MR) is 103 cm³/mol. The number of nitrogens with one attached hydrogen (secondary N) is 1. The van der Waals surface area contributed by atoms with Crippen LogP contribution in [0.2, 0.25) is 0 Å². The first kappa shape index (κ1) is 17.6. The van der Waals surface area contributed by atoms with Gasteiger partial charge in [0.05, 0.1) is 17.2 Å². The molecular formula is C20H17F2N3OS. The van der Waals surface area contributed by atoms with Crippen LogP contribution in [0, 0.1) is 18.6 Å². The van der Waals surface area contributed by atoms with Crippen molar-refractivity contribution in [1.82, 2.24) is 4.98 Å². The first-order valence-electron chi connectivity index (χ1n) is 8.55. The van der Waals surface area contributed by atoms with Gasteiger partial charge in [-0.1, -0.05) is 12.1 Å². The molecule has 0 saturated heterocycles. The number of nitrogens with zero attached hydrogens (tertiary/aromatic N) is 2. The van der Waals surface area contributed by atoms with Crippen LogP contribution in [0.5, 0.6) is 0 Å². The molecule has 7 heteroatoms. The number of carbonyl (C=O) groups is 1. The molecule has 138 valence electrons. The van der Waals surface area contributed by atoms with Crippen molar-refractivity contribution < 1.29 is 13.6 Å². The number of thiazole rings is 1. The van der Waals surface area contributed by atoms with E-state index in [4.69, 9.17) is 0 Å². The van der Waals surface area contributed by atoms with Crippen molar-refractivity contribution in [3.05, 3.63) is 64.0 Å². The van der Waals surface area contributed by atoms with Gasteiger partial charge >= 0.3 is 0 Å². The first-order valence-corrected chi connectivity index (χ1v) is 9.43. The third kappa shape index (κ3) is 3.55. The Balaban J connectivity index is 1.49. The molecule has 0 fully saturated rings. The highest BCUT2D eigenvalue weighted by Crippen LogP contribution is 2.32. The Labute approximate surface area is 159 Å². The Morgan fingerprint density at radius 2 is 2.04 bits per heavy atom. The molecule has 2 aromatic carbocycles. The fraction of sp³-hybridized carbons (Fsp3) is 0.200. The number of aryl methyl sites for hydroxylation is 1. The molecule has 4 rings (SSSR count). The number of carbonyl (C=O) groups excluding carboxylic acids is 1. The van der Waals surface area contributed by atoms with Gasteiger partial charge in [-0.2, -0.15) is 0 Å². The normalized spacial score (nSPS) is 12.9. The van der Waals surface area contributed by atoms with E-state index in [2.05, 4.69) is 16.4 Å². The molecule has 27 heavy (non-hydrogen) atoms. The minimum Gasteiger partial charge on any atom is -0.362 e. The second-order valence-corrected chi connectivity index (χ2v) is 7.47. The van der Waals surface area contributed by atoms with Gasteiger partial charge in [-0.05, 0) is 43.2 Å². The van der Waals surface area contributed by atoms with Gasteiger partial charge in [-0.15, -0.1) is 11.3 Å². The second-order valence-electron chi connectivity index (χ2n) is 6.41. The highest BCUT2D eigenvalue weighted by atomic mass is 32.1. The summed E-state index contributed by atoms with van der Waals surface area (Å²) in [5.41, 5.74) is 3.71. The Morgan fingerprint density at radius 3 is 2.74 bits per heavy atom. The number of para-hydroxylation sites is 1. The number of halogens is 2. The van der Waals surface area contributed by atoms with Crippen LogP contribution < -0.4 is 10.2 Å². The van der Waals surface area contributed by atoms with Crippen LogP contribution in [0.25, 0.3) is 11.3 Å². The molecule has 1 aliphatic heterocycles. The summed E-state index contributed by atoms with van der Waals surface area (Å²) in [6.45, 7) is 2.69. The number of rotatable bonds is 4. The Bertz CT molecular complexity index is 998. The average molecular weight is 385 g/mol. The zero-order valence-corrected chi connectivity index (χ0v) is 15.4. The summed E-state index contributed by atoms with van der Waals surface area (Å²) in [6, 6.07) is 9.55. The topological polar surface area (TPSA) is 45.2 Å². The zero-order valence-electron chi connectivity index (χ0n) is 14.6. The molecule has 0 saturated carbocycles. The van der Waals surface area contributed by atoms with E-state index in [0.29, 0.717) is 6.54 Å². The maximum Gasteiger partial charge on any atom is 0.244 e. The molecule has 0 radical (unpaired) electrons. The Morgan fingerprint density at radius 1 is 1.26 bits per heavy atom. The molecule has 0 spiro atoms. The lowest BCUT2D eigenvalue weighted by molar-refractivity contribution is -0.115. The number of anilines is 2. The van der Waals surface area contributed by atoms with Gasteiger partial charge in [0.2, 0.25) is 5.91 Å². The van der Waals surface area contributed by atoms with E-state index in [9.17, 15) is 13.6 Å². The van der Waals surface area contributed by atoms with Crippen molar-refractivity contribution in [1.29, 1.82) is 0 Å². The average Bonchev–Trinajstić information content (AvgIpc) is 3.24. The van der Waals surface area contributed by atoms with Crippen LogP contribution >= 0.6 is 11.3 Å². The minimum atomic E-state index is -0.784. The lowest BCUT2D eigenvalue weighted by Crippen LogP contribution is -2.32. The number of hydrogen-bond acceptors (Lipinski definition) is 4. The third-order valence-electron chi connectivity index (χ3n) is 4.55. The summed E-state index contributed by atoms with van der Waals surface area (Å²) < 4.78 is 27.4. The molecular weight excluding hydrogens is 368 g/mol. The summed E-state index contributed by atoms with van der Waals surface area (Å²) in [4.78, 5) is 18.7. The highest BCUT2D eigenvalue weighted by Gasteiger charge is 2.23. The van der Waals surface area contributed by atoms with E-state index >= 15 is 0 Å². The van der Waals surface area contributed by atoms with Gasteiger partial charge in [0, 0.05) is 23.2 Å². The van der Waals surface area contributed by atoms with Crippen molar-refractivity contribution in [3.8, 4) is 11.3 Å². The number of aromatic nitrogens is 1. The van der Waals surface area contributed by atoms with E-state index in [1.54, 1.807) is 11.3 Å². The molecule has 1 aliphatic rings. The molecule has 0 bridgehead atoms. The maximum absolute atomic E-state index is 13.7. The maximum atomic E-state index is 13.7. The molecule has 1 aromatic heterocycles. The van der Waals surface area contributed by atoms with Crippen LogP contribution in [0.1, 0.15) is 10.6 Å². The minimum absolute atomic E-state index is 0.0376. The lowest BCUT2D eigenvalue weighted by atomic mass is 10.1. The van der Waals surface area contributed by atoms with E-state index in [0.717, 1.165) is 46.1 Å². The van der Waals surface area contributed by atoms with Gasteiger partial charge in [-0.3, -0.25) is 4.79 Å².